The molecule has 10 heteroatoms. The molecule has 0 aliphatic carbocycles. The second-order valence-corrected chi connectivity index (χ2v) is 7.48. The lowest BCUT2D eigenvalue weighted by atomic mass is 10.1. The molecule has 2 heterocycles. The van der Waals surface area contributed by atoms with Gasteiger partial charge in [0.1, 0.15) is 12.3 Å². The Bertz CT molecular complexity index is 854. The number of hydrogen-bond donors (Lipinski definition) is 1. The molecule has 1 fully saturated rings. The van der Waals surface area contributed by atoms with E-state index in [2.05, 4.69) is 42.2 Å². The molecular formula is C22H32IN7O2. The topological polar surface area (TPSA) is 86.2 Å². The first-order valence-electron chi connectivity index (χ1n) is 10.4. The van der Waals surface area contributed by atoms with Crippen LogP contribution in [-0.4, -0.2) is 92.1 Å². The summed E-state index contributed by atoms with van der Waals surface area (Å²) in [5.74, 6) is 2.33. The van der Waals surface area contributed by atoms with Gasteiger partial charge >= 0.3 is 0 Å². The largest absolute Gasteiger partial charge is 0.497 e. The molecule has 0 bridgehead atoms. The zero-order valence-electron chi connectivity index (χ0n) is 18.9. The molecule has 0 unspecified atom stereocenters. The molecule has 1 N–H and O–H groups in total. The van der Waals surface area contributed by atoms with E-state index in [1.54, 1.807) is 38.5 Å². The van der Waals surface area contributed by atoms with Crippen LogP contribution in [0.15, 0.2) is 47.7 Å². The van der Waals surface area contributed by atoms with Crippen LogP contribution in [0.5, 0.6) is 5.75 Å². The van der Waals surface area contributed by atoms with Gasteiger partial charge in [-0.3, -0.25) is 4.79 Å². The van der Waals surface area contributed by atoms with Gasteiger partial charge in [0.25, 0.3) is 0 Å². The van der Waals surface area contributed by atoms with Gasteiger partial charge in [-0.25, -0.2) is 15.0 Å². The first-order chi connectivity index (χ1) is 15.1. The van der Waals surface area contributed by atoms with Gasteiger partial charge in [0.2, 0.25) is 11.9 Å². The van der Waals surface area contributed by atoms with Gasteiger partial charge < -0.3 is 24.8 Å². The molecular weight excluding hydrogens is 521 g/mol. The number of benzene rings is 1. The van der Waals surface area contributed by atoms with Crippen LogP contribution >= 0.6 is 24.0 Å². The third-order valence-electron chi connectivity index (χ3n) is 5.13. The normalized spacial score (nSPS) is 13.9. The summed E-state index contributed by atoms with van der Waals surface area (Å²) in [6.07, 6.45) is 4.37. The fraction of sp³-hybridized carbons (Fsp3) is 0.455. The Hall–Kier alpha value is -2.63. The Morgan fingerprint density at radius 1 is 1.12 bits per heavy atom. The lowest BCUT2D eigenvalue weighted by Gasteiger charge is -2.36. The zero-order chi connectivity index (χ0) is 22.1. The number of carbonyl (C=O) groups is 1. The number of ether oxygens (including phenoxy) is 1. The minimum Gasteiger partial charge on any atom is -0.497 e. The number of hydrogen-bond acceptors (Lipinski definition) is 6. The quantitative estimate of drug-likeness (QED) is 0.316. The molecule has 1 amide bonds. The number of piperazine rings is 1. The Kier molecular flexibility index (Phi) is 10.4. The van der Waals surface area contributed by atoms with Crippen molar-refractivity contribution in [1.82, 2.24) is 25.1 Å². The van der Waals surface area contributed by atoms with Crippen molar-refractivity contribution < 1.29 is 9.53 Å². The number of carbonyl (C=O) groups excluding carboxylic acids is 1. The summed E-state index contributed by atoms with van der Waals surface area (Å²) >= 11 is 0. The molecule has 3 rings (SSSR count). The van der Waals surface area contributed by atoms with Crippen molar-refractivity contribution in [2.75, 3.05) is 65.4 Å². The third kappa shape index (κ3) is 7.50. The van der Waals surface area contributed by atoms with E-state index < -0.39 is 0 Å². The molecule has 174 valence electrons. The lowest BCUT2D eigenvalue weighted by molar-refractivity contribution is -0.127. The van der Waals surface area contributed by atoms with Crippen LogP contribution in [0, 0.1) is 0 Å². The van der Waals surface area contributed by atoms with Crippen molar-refractivity contribution in [3.63, 3.8) is 0 Å². The highest BCUT2D eigenvalue weighted by Crippen LogP contribution is 2.12. The predicted molar refractivity (Wildman–Crippen MR) is 137 cm³/mol. The average molecular weight is 553 g/mol. The van der Waals surface area contributed by atoms with Crippen molar-refractivity contribution in [2.45, 2.75) is 6.42 Å². The van der Waals surface area contributed by atoms with Crippen molar-refractivity contribution in [1.29, 1.82) is 0 Å². The molecule has 32 heavy (non-hydrogen) atoms. The first-order valence-corrected chi connectivity index (χ1v) is 10.4. The smallest absolute Gasteiger partial charge is 0.243 e. The molecule has 9 nitrogen and oxygen atoms in total. The summed E-state index contributed by atoms with van der Waals surface area (Å²) in [5.41, 5.74) is 1.21. The Balaban J connectivity index is 0.00000363. The number of aromatic nitrogens is 2. The van der Waals surface area contributed by atoms with Gasteiger partial charge in [0, 0.05) is 59.2 Å². The Morgan fingerprint density at radius 2 is 1.78 bits per heavy atom. The van der Waals surface area contributed by atoms with Crippen LogP contribution in [0.1, 0.15) is 5.56 Å². The van der Waals surface area contributed by atoms with Crippen LogP contribution < -0.4 is 15.0 Å². The fourth-order valence-electron chi connectivity index (χ4n) is 3.24. The number of methoxy groups -OCH3 is 1. The summed E-state index contributed by atoms with van der Waals surface area (Å²) in [5, 5.41) is 3.44. The van der Waals surface area contributed by atoms with Gasteiger partial charge in [0.15, 0.2) is 5.96 Å². The van der Waals surface area contributed by atoms with Crippen molar-refractivity contribution in [3.8, 4) is 5.75 Å². The maximum atomic E-state index is 12.1. The average Bonchev–Trinajstić information content (AvgIpc) is 2.82. The van der Waals surface area contributed by atoms with E-state index in [1.807, 2.05) is 18.2 Å². The number of anilines is 1. The van der Waals surface area contributed by atoms with E-state index >= 15 is 0 Å². The van der Waals surface area contributed by atoms with Crippen LogP contribution in [0.3, 0.4) is 0 Å². The summed E-state index contributed by atoms with van der Waals surface area (Å²) in [6, 6.07) is 9.87. The van der Waals surface area contributed by atoms with Gasteiger partial charge in [-0.05, 0) is 30.2 Å². The summed E-state index contributed by atoms with van der Waals surface area (Å²) in [4.78, 5) is 31.2. The van der Waals surface area contributed by atoms with Crippen LogP contribution in [0.4, 0.5) is 5.95 Å². The number of likely N-dealkylation sites (N-methyl/N-ethyl adjacent to an activating group) is 1. The highest BCUT2D eigenvalue weighted by molar-refractivity contribution is 14.0. The van der Waals surface area contributed by atoms with Crippen molar-refractivity contribution in [2.24, 2.45) is 4.99 Å². The number of rotatable bonds is 7. The minimum atomic E-state index is -0.0224. The van der Waals surface area contributed by atoms with E-state index in [4.69, 9.17) is 4.74 Å². The number of guanidine groups is 1. The van der Waals surface area contributed by atoms with Gasteiger partial charge in [0.05, 0.1) is 7.11 Å². The van der Waals surface area contributed by atoms with E-state index in [9.17, 15) is 4.79 Å². The second-order valence-electron chi connectivity index (χ2n) is 7.48. The molecule has 0 radical (unpaired) electrons. The summed E-state index contributed by atoms with van der Waals surface area (Å²) in [6.45, 7) is 4.00. The number of halogens is 1. The fourth-order valence-corrected chi connectivity index (χ4v) is 3.24. The van der Waals surface area contributed by atoms with Crippen LogP contribution in [-0.2, 0) is 11.2 Å². The molecule has 1 aromatic carbocycles. The second kappa shape index (κ2) is 13.0. The van der Waals surface area contributed by atoms with Crippen LogP contribution in [0.25, 0.3) is 0 Å². The predicted octanol–water partition coefficient (Wildman–Crippen LogP) is 1.50. The first kappa shape index (κ1) is 25.6. The third-order valence-corrected chi connectivity index (χ3v) is 5.13. The maximum absolute atomic E-state index is 12.1. The molecule has 0 spiro atoms. The standard InChI is InChI=1S/C22H31N7O2.HI/c1-27(2)20(30)17-26-22(25-12-9-18-5-7-19(31-3)8-6-18)29-15-13-28(14-16-29)21-23-10-4-11-24-21;/h4-8,10-11H,9,12-17H2,1-3H3,(H,25,26);1H. The number of nitrogens with zero attached hydrogens (tertiary/aromatic N) is 6. The molecule has 1 saturated heterocycles. The van der Waals surface area contributed by atoms with E-state index in [-0.39, 0.29) is 36.4 Å². The number of amides is 1. The minimum absolute atomic E-state index is 0. The molecule has 0 atom stereocenters. The molecule has 1 aliphatic heterocycles. The monoisotopic (exact) mass is 553 g/mol. The molecule has 0 saturated carbocycles. The maximum Gasteiger partial charge on any atom is 0.243 e. The van der Waals surface area contributed by atoms with Gasteiger partial charge in [-0.2, -0.15) is 0 Å². The van der Waals surface area contributed by atoms with E-state index in [0.29, 0.717) is 0 Å². The summed E-state index contributed by atoms with van der Waals surface area (Å²) in [7, 11) is 5.15. The lowest BCUT2D eigenvalue weighted by Crippen LogP contribution is -2.53. The van der Waals surface area contributed by atoms with Crippen LogP contribution in [0.2, 0.25) is 0 Å². The number of aliphatic imine (C=N–C) groups is 1. The highest BCUT2D eigenvalue weighted by Gasteiger charge is 2.21. The van der Waals surface area contributed by atoms with Gasteiger partial charge in [-0.1, -0.05) is 12.1 Å². The van der Waals surface area contributed by atoms with Crippen molar-refractivity contribution in [3.05, 3.63) is 48.3 Å². The SMILES string of the molecule is COc1ccc(CCNC(=NCC(=O)N(C)C)N2CCN(c3ncccn3)CC2)cc1.I. The highest BCUT2D eigenvalue weighted by atomic mass is 127. The van der Waals surface area contributed by atoms with E-state index in [1.165, 1.54) is 5.56 Å². The van der Waals surface area contributed by atoms with E-state index in [0.717, 1.165) is 56.8 Å². The zero-order valence-corrected chi connectivity index (χ0v) is 21.2. The van der Waals surface area contributed by atoms with Gasteiger partial charge in [-0.15, -0.1) is 24.0 Å². The molecule has 2 aromatic rings. The van der Waals surface area contributed by atoms with Crippen molar-refractivity contribution >= 4 is 41.8 Å². The molecule has 1 aliphatic rings. The number of nitrogens with one attached hydrogen (secondary N) is 1. The summed E-state index contributed by atoms with van der Waals surface area (Å²) < 4.78 is 5.22. The molecule has 1 aromatic heterocycles. The Morgan fingerprint density at radius 3 is 2.38 bits per heavy atom. The Labute approximate surface area is 206 Å².